The zero-order valence-electron chi connectivity index (χ0n) is 16.6. The van der Waals surface area contributed by atoms with Gasteiger partial charge in [-0.05, 0) is 17.0 Å². The van der Waals surface area contributed by atoms with E-state index in [-0.39, 0.29) is 12.0 Å². The van der Waals surface area contributed by atoms with Gasteiger partial charge in [0, 0.05) is 36.9 Å². The smallest absolute Gasteiger partial charge is 0.261 e. The van der Waals surface area contributed by atoms with Gasteiger partial charge in [0.25, 0.3) is 5.91 Å². The van der Waals surface area contributed by atoms with Crippen molar-refractivity contribution in [2.24, 2.45) is 0 Å². The molecular weight excluding hydrogens is 384 g/mol. The maximum Gasteiger partial charge on any atom is 0.261 e. The van der Waals surface area contributed by atoms with Gasteiger partial charge in [0.15, 0.2) is 0 Å². The molecule has 5 nitrogen and oxygen atoms in total. The Morgan fingerprint density at radius 3 is 2.83 bits per heavy atom. The lowest BCUT2D eigenvalue weighted by molar-refractivity contribution is -0.0380. The lowest BCUT2D eigenvalue weighted by atomic mass is 10.0. The number of fused-ring (bicyclic) bond motifs is 1. The second-order valence-electron chi connectivity index (χ2n) is 7.12. The van der Waals surface area contributed by atoms with Crippen molar-refractivity contribution in [3.8, 4) is 0 Å². The van der Waals surface area contributed by atoms with Crippen LogP contribution in [0.2, 0.25) is 0 Å². The SMILES string of the molecule is CNC(=O)c1sc2ccccc2c1C1CN(CCOCc2ccccc2)CCO1. The van der Waals surface area contributed by atoms with E-state index in [4.69, 9.17) is 9.47 Å². The monoisotopic (exact) mass is 410 g/mol. The minimum atomic E-state index is -0.110. The highest BCUT2D eigenvalue weighted by Crippen LogP contribution is 2.38. The number of nitrogens with zero attached hydrogens (tertiary/aromatic N) is 1. The molecule has 0 spiro atoms. The number of carbonyl (C=O) groups excluding carboxylic acids is 1. The number of rotatable bonds is 7. The average Bonchev–Trinajstić information content (AvgIpc) is 3.17. The number of hydrogen-bond acceptors (Lipinski definition) is 5. The molecule has 1 aromatic heterocycles. The summed E-state index contributed by atoms with van der Waals surface area (Å²) in [5.74, 6) is -0.0480. The molecule has 2 aromatic carbocycles. The fraction of sp³-hybridized carbons (Fsp3) is 0.348. The van der Waals surface area contributed by atoms with E-state index in [0.717, 1.165) is 40.2 Å². The first kappa shape index (κ1) is 20.0. The van der Waals surface area contributed by atoms with Crippen molar-refractivity contribution in [1.29, 1.82) is 0 Å². The number of amides is 1. The van der Waals surface area contributed by atoms with Gasteiger partial charge >= 0.3 is 0 Å². The molecule has 152 valence electrons. The fourth-order valence-electron chi connectivity index (χ4n) is 3.71. The molecule has 4 rings (SSSR count). The van der Waals surface area contributed by atoms with Gasteiger partial charge in [-0.25, -0.2) is 0 Å². The number of ether oxygens (including phenoxy) is 2. The van der Waals surface area contributed by atoms with Crippen molar-refractivity contribution in [3.63, 3.8) is 0 Å². The second kappa shape index (κ2) is 9.50. The van der Waals surface area contributed by atoms with E-state index in [1.54, 1.807) is 7.05 Å². The van der Waals surface area contributed by atoms with E-state index in [9.17, 15) is 4.79 Å². The quantitative estimate of drug-likeness (QED) is 0.601. The van der Waals surface area contributed by atoms with Crippen LogP contribution in [0.1, 0.15) is 26.9 Å². The summed E-state index contributed by atoms with van der Waals surface area (Å²) in [5.41, 5.74) is 2.20. The Morgan fingerprint density at radius 1 is 1.21 bits per heavy atom. The lowest BCUT2D eigenvalue weighted by Crippen LogP contribution is -2.40. The molecule has 1 fully saturated rings. The molecule has 0 aliphatic carbocycles. The Hall–Kier alpha value is -2.25. The topological polar surface area (TPSA) is 50.8 Å². The average molecular weight is 411 g/mol. The summed E-state index contributed by atoms with van der Waals surface area (Å²) in [6, 6.07) is 18.4. The first-order chi connectivity index (χ1) is 14.3. The third-order valence-corrected chi connectivity index (χ3v) is 6.39. The van der Waals surface area contributed by atoms with Crippen LogP contribution in [0.5, 0.6) is 0 Å². The van der Waals surface area contributed by atoms with Crippen molar-refractivity contribution in [3.05, 3.63) is 70.6 Å². The van der Waals surface area contributed by atoms with Gasteiger partial charge in [0.1, 0.15) is 0 Å². The highest BCUT2D eigenvalue weighted by atomic mass is 32.1. The van der Waals surface area contributed by atoms with E-state index in [1.165, 1.54) is 16.9 Å². The predicted molar refractivity (Wildman–Crippen MR) is 116 cm³/mol. The van der Waals surface area contributed by atoms with Crippen LogP contribution in [-0.2, 0) is 16.1 Å². The first-order valence-corrected chi connectivity index (χ1v) is 10.8. The molecule has 1 saturated heterocycles. The Kier molecular flexibility index (Phi) is 6.56. The van der Waals surface area contributed by atoms with Crippen LogP contribution in [-0.4, -0.2) is 50.7 Å². The van der Waals surface area contributed by atoms with Crippen LogP contribution in [0.4, 0.5) is 0 Å². The maximum atomic E-state index is 12.5. The van der Waals surface area contributed by atoms with Crippen LogP contribution in [0.15, 0.2) is 54.6 Å². The fourth-order valence-corrected chi connectivity index (χ4v) is 4.91. The van der Waals surface area contributed by atoms with Crippen molar-refractivity contribution >= 4 is 27.3 Å². The van der Waals surface area contributed by atoms with Crippen LogP contribution in [0.25, 0.3) is 10.1 Å². The van der Waals surface area contributed by atoms with E-state index >= 15 is 0 Å². The van der Waals surface area contributed by atoms with E-state index in [2.05, 4.69) is 34.5 Å². The molecule has 1 unspecified atom stereocenters. The van der Waals surface area contributed by atoms with Gasteiger partial charge in [0.2, 0.25) is 0 Å². The number of nitrogens with one attached hydrogen (secondary N) is 1. The minimum Gasteiger partial charge on any atom is -0.375 e. The third kappa shape index (κ3) is 4.67. The summed E-state index contributed by atoms with van der Waals surface area (Å²) < 4.78 is 13.1. The van der Waals surface area contributed by atoms with Crippen LogP contribution >= 0.6 is 11.3 Å². The predicted octanol–water partition coefficient (Wildman–Crippen LogP) is 3.85. The van der Waals surface area contributed by atoms with Crippen LogP contribution in [0.3, 0.4) is 0 Å². The van der Waals surface area contributed by atoms with Crippen molar-refractivity contribution in [2.75, 3.05) is 39.9 Å². The minimum absolute atomic E-state index is 0.0480. The molecule has 1 aliphatic heterocycles. The van der Waals surface area contributed by atoms with Crippen LogP contribution in [0, 0.1) is 0 Å². The van der Waals surface area contributed by atoms with Crippen LogP contribution < -0.4 is 5.32 Å². The number of carbonyl (C=O) groups is 1. The van der Waals surface area contributed by atoms with Gasteiger partial charge in [-0.15, -0.1) is 11.3 Å². The summed E-state index contributed by atoms with van der Waals surface area (Å²) in [4.78, 5) is 15.6. The standard InChI is InChI=1S/C23H26N2O3S/c1-24-23(26)22-21(18-9-5-6-10-20(18)29-22)19-15-25(12-14-28-19)11-13-27-16-17-7-3-2-4-8-17/h2-10,19H,11-16H2,1H3,(H,24,26). The molecule has 1 aliphatic rings. The lowest BCUT2D eigenvalue weighted by Gasteiger charge is -2.33. The van der Waals surface area contributed by atoms with Crippen molar-refractivity contribution in [2.45, 2.75) is 12.7 Å². The summed E-state index contributed by atoms with van der Waals surface area (Å²) in [6.45, 7) is 4.45. The molecule has 1 amide bonds. The normalized spacial score (nSPS) is 17.5. The molecule has 0 radical (unpaired) electrons. The number of benzene rings is 2. The maximum absolute atomic E-state index is 12.5. The first-order valence-electron chi connectivity index (χ1n) is 9.95. The number of thiophene rings is 1. The summed E-state index contributed by atoms with van der Waals surface area (Å²) in [7, 11) is 1.68. The highest BCUT2D eigenvalue weighted by Gasteiger charge is 2.29. The molecular formula is C23H26N2O3S. The largest absolute Gasteiger partial charge is 0.375 e. The van der Waals surface area contributed by atoms with Crippen molar-refractivity contribution < 1.29 is 14.3 Å². The Balaban J connectivity index is 1.42. The summed E-state index contributed by atoms with van der Waals surface area (Å²) in [5, 5.41) is 3.89. The van der Waals surface area contributed by atoms with Crippen molar-refractivity contribution in [1.82, 2.24) is 10.2 Å². The molecule has 0 saturated carbocycles. The molecule has 29 heavy (non-hydrogen) atoms. The Labute approximate surface area is 175 Å². The summed E-state index contributed by atoms with van der Waals surface area (Å²) >= 11 is 1.54. The number of morpholine rings is 1. The Bertz CT molecular complexity index is 957. The number of hydrogen-bond donors (Lipinski definition) is 1. The third-order valence-electron chi connectivity index (χ3n) is 5.20. The van der Waals surface area contributed by atoms with Gasteiger partial charge in [-0.3, -0.25) is 9.69 Å². The molecule has 6 heteroatoms. The zero-order chi connectivity index (χ0) is 20.1. The summed E-state index contributed by atoms with van der Waals surface area (Å²) in [6.07, 6.45) is -0.110. The van der Waals surface area contributed by atoms with Gasteiger partial charge < -0.3 is 14.8 Å². The van der Waals surface area contributed by atoms with E-state index in [0.29, 0.717) is 19.8 Å². The van der Waals surface area contributed by atoms with Gasteiger partial charge in [0.05, 0.1) is 30.8 Å². The van der Waals surface area contributed by atoms with Gasteiger partial charge in [-0.2, -0.15) is 0 Å². The molecule has 1 N–H and O–H groups in total. The van der Waals surface area contributed by atoms with E-state index < -0.39 is 0 Å². The zero-order valence-corrected chi connectivity index (χ0v) is 17.4. The molecule has 0 bridgehead atoms. The van der Waals surface area contributed by atoms with E-state index in [1.807, 2.05) is 30.3 Å². The molecule has 2 heterocycles. The molecule has 1 atom stereocenters. The highest BCUT2D eigenvalue weighted by molar-refractivity contribution is 7.21. The molecule has 3 aromatic rings. The second-order valence-corrected chi connectivity index (χ2v) is 8.17. The Morgan fingerprint density at radius 2 is 2.00 bits per heavy atom. The van der Waals surface area contributed by atoms with Gasteiger partial charge in [-0.1, -0.05) is 48.5 Å².